The van der Waals surface area contributed by atoms with E-state index in [2.05, 4.69) is 12.1 Å². The van der Waals surface area contributed by atoms with Crippen molar-refractivity contribution in [1.29, 1.82) is 5.26 Å². The molecular formula is C20H18N2O2. The van der Waals surface area contributed by atoms with Crippen LogP contribution in [0.25, 0.3) is 21.9 Å². The van der Waals surface area contributed by atoms with Crippen LogP contribution in [-0.4, -0.2) is 13.7 Å². The molecule has 4 heteroatoms. The number of methoxy groups -OCH3 is 1. The molecule has 120 valence electrons. The van der Waals surface area contributed by atoms with E-state index in [4.69, 9.17) is 20.5 Å². The van der Waals surface area contributed by atoms with Crippen LogP contribution in [0.15, 0.2) is 54.6 Å². The molecule has 0 aliphatic rings. The number of fused-ring (bicyclic) bond motifs is 1. The first kappa shape index (κ1) is 15.9. The third kappa shape index (κ3) is 3.03. The predicted molar refractivity (Wildman–Crippen MR) is 94.9 cm³/mol. The highest BCUT2D eigenvalue weighted by atomic mass is 16.5. The SMILES string of the molecule is COc1ccc(-c2c(OCC#N)ccc3cc(CN)ccc23)cc1. The third-order valence-electron chi connectivity index (χ3n) is 3.95. The first-order chi connectivity index (χ1) is 11.8. The van der Waals surface area contributed by atoms with Gasteiger partial charge in [0.1, 0.15) is 17.6 Å². The quantitative estimate of drug-likeness (QED) is 0.775. The molecule has 0 aliphatic carbocycles. The van der Waals surface area contributed by atoms with Crippen molar-refractivity contribution >= 4 is 10.8 Å². The molecule has 0 radical (unpaired) electrons. The zero-order valence-electron chi connectivity index (χ0n) is 13.5. The Bertz CT molecular complexity index is 896. The molecule has 0 spiro atoms. The lowest BCUT2D eigenvalue weighted by Gasteiger charge is -2.14. The van der Waals surface area contributed by atoms with E-state index in [1.807, 2.05) is 48.5 Å². The van der Waals surface area contributed by atoms with E-state index in [1.54, 1.807) is 7.11 Å². The van der Waals surface area contributed by atoms with Crippen LogP contribution in [-0.2, 0) is 6.54 Å². The molecule has 2 N–H and O–H groups in total. The lowest BCUT2D eigenvalue weighted by atomic mass is 9.96. The van der Waals surface area contributed by atoms with Crippen molar-refractivity contribution < 1.29 is 9.47 Å². The van der Waals surface area contributed by atoms with E-state index in [-0.39, 0.29) is 6.61 Å². The van der Waals surface area contributed by atoms with Crippen molar-refractivity contribution in [3.8, 4) is 28.7 Å². The smallest absolute Gasteiger partial charge is 0.174 e. The average Bonchev–Trinajstić information content (AvgIpc) is 2.65. The third-order valence-corrected chi connectivity index (χ3v) is 3.95. The highest BCUT2D eigenvalue weighted by Gasteiger charge is 2.12. The summed E-state index contributed by atoms with van der Waals surface area (Å²) >= 11 is 0. The number of benzene rings is 3. The summed E-state index contributed by atoms with van der Waals surface area (Å²) in [6.07, 6.45) is 0. The topological polar surface area (TPSA) is 68.3 Å². The molecule has 0 fully saturated rings. The molecule has 24 heavy (non-hydrogen) atoms. The number of rotatable bonds is 5. The fourth-order valence-corrected chi connectivity index (χ4v) is 2.77. The zero-order valence-corrected chi connectivity index (χ0v) is 13.5. The van der Waals surface area contributed by atoms with Crippen LogP contribution < -0.4 is 15.2 Å². The molecule has 0 saturated heterocycles. The summed E-state index contributed by atoms with van der Waals surface area (Å²) in [6.45, 7) is 0.510. The van der Waals surface area contributed by atoms with Gasteiger partial charge in [0.15, 0.2) is 6.61 Å². The zero-order chi connectivity index (χ0) is 16.9. The van der Waals surface area contributed by atoms with Gasteiger partial charge >= 0.3 is 0 Å². The van der Waals surface area contributed by atoms with E-state index in [1.165, 1.54) is 0 Å². The van der Waals surface area contributed by atoms with Gasteiger partial charge in [0.25, 0.3) is 0 Å². The first-order valence-electron chi connectivity index (χ1n) is 7.66. The fourth-order valence-electron chi connectivity index (χ4n) is 2.77. The van der Waals surface area contributed by atoms with E-state index < -0.39 is 0 Å². The Morgan fingerprint density at radius 2 is 1.83 bits per heavy atom. The summed E-state index contributed by atoms with van der Waals surface area (Å²) < 4.78 is 10.9. The second kappa shape index (κ2) is 7.03. The van der Waals surface area contributed by atoms with E-state index >= 15 is 0 Å². The fraction of sp³-hybridized carbons (Fsp3) is 0.150. The van der Waals surface area contributed by atoms with E-state index in [9.17, 15) is 0 Å². The Morgan fingerprint density at radius 3 is 2.50 bits per heavy atom. The van der Waals surface area contributed by atoms with Gasteiger partial charge in [-0.15, -0.1) is 0 Å². The van der Waals surface area contributed by atoms with Gasteiger partial charge in [-0.3, -0.25) is 0 Å². The summed E-state index contributed by atoms with van der Waals surface area (Å²) in [6, 6.07) is 19.9. The van der Waals surface area contributed by atoms with E-state index in [0.29, 0.717) is 12.3 Å². The molecule has 0 aliphatic heterocycles. The second-order valence-electron chi connectivity index (χ2n) is 5.37. The molecule has 0 bridgehead atoms. The minimum Gasteiger partial charge on any atom is -0.497 e. The summed E-state index contributed by atoms with van der Waals surface area (Å²) in [5, 5.41) is 11.0. The van der Waals surface area contributed by atoms with Gasteiger partial charge in [-0.25, -0.2) is 0 Å². The van der Waals surface area contributed by atoms with Crippen molar-refractivity contribution in [3.63, 3.8) is 0 Å². The summed E-state index contributed by atoms with van der Waals surface area (Å²) in [5.74, 6) is 1.48. The molecule has 0 saturated carbocycles. The molecule has 3 rings (SSSR count). The Hall–Kier alpha value is -3.03. The Labute approximate surface area is 141 Å². The minimum atomic E-state index is 0.00947. The summed E-state index contributed by atoms with van der Waals surface area (Å²) in [5.41, 5.74) is 8.80. The first-order valence-corrected chi connectivity index (χ1v) is 7.66. The normalized spacial score (nSPS) is 10.4. The van der Waals surface area contributed by atoms with Gasteiger partial charge in [0.2, 0.25) is 0 Å². The highest BCUT2D eigenvalue weighted by Crippen LogP contribution is 2.38. The highest BCUT2D eigenvalue weighted by molar-refractivity contribution is 6.00. The number of nitrogens with two attached hydrogens (primary N) is 1. The van der Waals surface area contributed by atoms with Gasteiger partial charge in [-0.2, -0.15) is 5.26 Å². The molecule has 0 atom stereocenters. The van der Waals surface area contributed by atoms with Crippen LogP contribution in [0, 0.1) is 11.3 Å². The van der Waals surface area contributed by atoms with Crippen molar-refractivity contribution in [2.24, 2.45) is 5.73 Å². The van der Waals surface area contributed by atoms with Crippen molar-refractivity contribution in [2.45, 2.75) is 6.54 Å². The largest absolute Gasteiger partial charge is 0.497 e. The molecular weight excluding hydrogens is 300 g/mol. The van der Waals surface area contributed by atoms with Gasteiger partial charge in [0, 0.05) is 12.1 Å². The molecule has 0 aromatic heterocycles. The maximum absolute atomic E-state index is 8.83. The van der Waals surface area contributed by atoms with Crippen molar-refractivity contribution in [3.05, 3.63) is 60.2 Å². The Kier molecular flexibility index (Phi) is 4.64. The van der Waals surface area contributed by atoms with Gasteiger partial charge in [-0.05, 0) is 46.2 Å². The predicted octanol–water partition coefficient (Wildman–Crippen LogP) is 3.88. The van der Waals surface area contributed by atoms with Gasteiger partial charge in [-0.1, -0.05) is 30.3 Å². The number of nitriles is 1. The van der Waals surface area contributed by atoms with Crippen molar-refractivity contribution in [2.75, 3.05) is 13.7 Å². The van der Waals surface area contributed by atoms with Crippen LogP contribution in [0.4, 0.5) is 0 Å². The Balaban J connectivity index is 2.21. The number of ether oxygens (including phenoxy) is 2. The number of nitrogens with zero attached hydrogens (tertiary/aromatic N) is 1. The second-order valence-corrected chi connectivity index (χ2v) is 5.37. The molecule has 4 nitrogen and oxygen atoms in total. The molecule has 0 amide bonds. The average molecular weight is 318 g/mol. The monoisotopic (exact) mass is 318 g/mol. The van der Waals surface area contributed by atoms with Crippen LogP contribution in [0.2, 0.25) is 0 Å². The van der Waals surface area contributed by atoms with Crippen LogP contribution in [0.3, 0.4) is 0 Å². The lowest BCUT2D eigenvalue weighted by Crippen LogP contribution is -1.98. The van der Waals surface area contributed by atoms with Crippen LogP contribution in [0.1, 0.15) is 5.56 Å². The molecule has 0 heterocycles. The molecule has 3 aromatic rings. The standard InChI is InChI=1S/C20H18N2O2/c1-23-17-6-3-15(4-7-17)20-18-8-2-14(13-22)12-16(18)5-9-19(20)24-11-10-21/h2-9,12H,11,13,22H2,1H3. The summed E-state index contributed by atoms with van der Waals surface area (Å²) in [4.78, 5) is 0. The lowest BCUT2D eigenvalue weighted by molar-refractivity contribution is 0.370. The molecule has 3 aromatic carbocycles. The van der Waals surface area contributed by atoms with E-state index in [0.717, 1.165) is 33.2 Å². The number of hydrogen-bond acceptors (Lipinski definition) is 4. The maximum atomic E-state index is 8.83. The minimum absolute atomic E-state index is 0.00947. The van der Waals surface area contributed by atoms with Gasteiger partial charge < -0.3 is 15.2 Å². The van der Waals surface area contributed by atoms with Crippen LogP contribution in [0.5, 0.6) is 11.5 Å². The number of hydrogen-bond donors (Lipinski definition) is 1. The summed E-state index contributed by atoms with van der Waals surface area (Å²) in [7, 11) is 1.64. The Morgan fingerprint density at radius 1 is 1.04 bits per heavy atom. The van der Waals surface area contributed by atoms with Gasteiger partial charge in [0.05, 0.1) is 7.11 Å². The molecule has 0 unspecified atom stereocenters. The maximum Gasteiger partial charge on any atom is 0.174 e. The van der Waals surface area contributed by atoms with Crippen LogP contribution >= 0.6 is 0 Å². The van der Waals surface area contributed by atoms with Crippen molar-refractivity contribution in [1.82, 2.24) is 0 Å².